The van der Waals surface area contributed by atoms with Gasteiger partial charge in [0, 0.05) is 23.3 Å². The number of ether oxygens (including phenoxy) is 1. The first-order valence-electron chi connectivity index (χ1n) is 11.7. The smallest absolute Gasteiger partial charge is 0.338 e. The molecule has 0 spiro atoms. The average Bonchev–Trinajstić information content (AvgIpc) is 3.50. The Balaban J connectivity index is 1.71. The fraction of sp³-hybridized carbons (Fsp3) is 0.148. The van der Waals surface area contributed by atoms with Gasteiger partial charge in [-0.3, -0.25) is 19.5 Å². The summed E-state index contributed by atoms with van der Waals surface area (Å²) >= 11 is 7.41. The summed E-state index contributed by atoms with van der Waals surface area (Å²) in [4.78, 5) is 42.3. The summed E-state index contributed by atoms with van der Waals surface area (Å²) in [5.74, 6) is -0.231. The average molecular weight is 566 g/mol. The number of nitro benzene ring substituents is 1. The number of para-hydroxylation sites is 1. The Labute approximate surface area is 229 Å². The van der Waals surface area contributed by atoms with Crippen LogP contribution in [0.3, 0.4) is 0 Å². The molecule has 10 nitrogen and oxygen atoms in total. The number of rotatable bonds is 6. The molecule has 2 aromatic heterocycles. The van der Waals surface area contributed by atoms with Crippen LogP contribution in [0.15, 0.2) is 80.1 Å². The lowest BCUT2D eigenvalue weighted by Crippen LogP contribution is -2.39. The van der Waals surface area contributed by atoms with Gasteiger partial charge in [0.2, 0.25) is 0 Å². The van der Waals surface area contributed by atoms with Crippen LogP contribution in [0.4, 0.5) is 5.69 Å². The third-order valence-electron chi connectivity index (χ3n) is 6.06. The van der Waals surface area contributed by atoms with E-state index in [0.29, 0.717) is 16.1 Å². The molecule has 0 unspecified atom stereocenters. The van der Waals surface area contributed by atoms with Crippen molar-refractivity contribution in [2.45, 2.75) is 19.9 Å². The number of non-ortho nitro benzene ring substituents is 1. The van der Waals surface area contributed by atoms with Gasteiger partial charge in [-0.1, -0.05) is 41.1 Å². The number of hydrogen-bond acceptors (Lipinski definition) is 9. The van der Waals surface area contributed by atoms with Gasteiger partial charge in [0.05, 0.1) is 32.4 Å². The maximum atomic E-state index is 13.7. The first-order valence-corrected chi connectivity index (χ1v) is 12.9. The molecule has 0 fully saturated rings. The Bertz CT molecular complexity index is 1850. The second-order valence-corrected chi connectivity index (χ2v) is 9.90. The fourth-order valence-electron chi connectivity index (χ4n) is 4.27. The third-order valence-corrected chi connectivity index (χ3v) is 7.38. The lowest BCUT2D eigenvalue weighted by atomic mass is 10.0. The number of benzene rings is 2. The predicted molar refractivity (Wildman–Crippen MR) is 144 cm³/mol. The van der Waals surface area contributed by atoms with E-state index in [2.05, 4.69) is 4.99 Å². The summed E-state index contributed by atoms with van der Waals surface area (Å²) in [6, 6.07) is 12.7. The van der Waals surface area contributed by atoms with Crippen molar-refractivity contribution < 1.29 is 24.0 Å². The highest BCUT2D eigenvalue weighted by atomic mass is 35.5. The van der Waals surface area contributed by atoms with E-state index in [4.69, 9.17) is 20.8 Å². The van der Waals surface area contributed by atoms with Gasteiger partial charge >= 0.3 is 5.97 Å². The van der Waals surface area contributed by atoms with Gasteiger partial charge in [0.15, 0.2) is 4.80 Å². The molecule has 4 aromatic rings. The number of nitrogens with zero attached hydrogens (tertiary/aromatic N) is 3. The van der Waals surface area contributed by atoms with E-state index in [-0.39, 0.29) is 50.3 Å². The maximum absolute atomic E-state index is 13.7. The van der Waals surface area contributed by atoms with Crippen molar-refractivity contribution in [2.75, 3.05) is 6.61 Å². The van der Waals surface area contributed by atoms with Gasteiger partial charge in [0.1, 0.15) is 23.3 Å². The lowest BCUT2D eigenvalue weighted by molar-refractivity contribution is -0.384. The molecule has 12 heteroatoms. The standard InChI is InChI=1S/C27H20ClN3O7S/c1-3-37-26(34)23-14(2)29-27-30(25(33)22(39-27)12-15-6-4-5-7-19(15)32)24(23)21-11-10-20(38-21)17-13-16(31(35)36)8-9-18(17)28/h4-13,24,32H,3H2,1-2H3/b22-12-/t24-/m0/s1. The highest BCUT2D eigenvalue weighted by Gasteiger charge is 2.35. The minimum absolute atomic E-state index is 0.00721. The zero-order valence-electron chi connectivity index (χ0n) is 20.6. The molecule has 3 heterocycles. The largest absolute Gasteiger partial charge is 0.507 e. The van der Waals surface area contributed by atoms with Crippen LogP contribution in [0.2, 0.25) is 5.02 Å². The monoisotopic (exact) mass is 565 g/mol. The van der Waals surface area contributed by atoms with Crippen LogP contribution in [-0.2, 0) is 9.53 Å². The summed E-state index contributed by atoms with van der Waals surface area (Å²) in [5.41, 5.74) is 0.563. The SMILES string of the molecule is CCOC(=O)C1=C(C)N=c2s/c(=C\c3ccccc3O)c(=O)n2[C@H]1c1ccc(-c2cc([N+](=O)[O-])ccc2Cl)o1. The molecule has 1 N–H and O–H groups in total. The topological polar surface area (TPSA) is 137 Å². The molecule has 0 radical (unpaired) electrons. The molecule has 39 heavy (non-hydrogen) atoms. The molecule has 1 atom stereocenters. The highest BCUT2D eigenvalue weighted by molar-refractivity contribution is 7.07. The normalized spacial score (nSPS) is 15.2. The van der Waals surface area contributed by atoms with Gasteiger partial charge in [0.25, 0.3) is 11.2 Å². The number of aromatic nitrogens is 1. The van der Waals surface area contributed by atoms with Crippen molar-refractivity contribution in [1.29, 1.82) is 0 Å². The molecule has 1 aliphatic rings. The van der Waals surface area contributed by atoms with E-state index in [1.807, 2.05) is 0 Å². The fourth-order valence-corrected chi connectivity index (χ4v) is 5.52. The molecule has 0 aliphatic carbocycles. The Morgan fingerprint density at radius 3 is 2.77 bits per heavy atom. The molecule has 1 aliphatic heterocycles. The van der Waals surface area contributed by atoms with Gasteiger partial charge in [-0.15, -0.1) is 0 Å². The zero-order chi connectivity index (χ0) is 27.8. The quantitative estimate of drug-likeness (QED) is 0.209. The predicted octanol–water partition coefficient (Wildman–Crippen LogP) is 4.33. The van der Waals surface area contributed by atoms with Crippen molar-refractivity contribution in [2.24, 2.45) is 4.99 Å². The summed E-state index contributed by atoms with van der Waals surface area (Å²) in [6.07, 6.45) is 1.55. The van der Waals surface area contributed by atoms with Crippen molar-refractivity contribution in [3.05, 3.63) is 112 Å². The molecule has 2 aromatic carbocycles. The minimum atomic E-state index is -1.03. The number of esters is 1. The Morgan fingerprint density at radius 1 is 1.28 bits per heavy atom. The number of halogens is 1. The molecule has 0 saturated heterocycles. The molecule has 0 amide bonds. The number of furan rings is 1. The number of fused-ring (bicyclic) bond motifs is 1. The number of aromatic hydroxyl groups is 1. The van der Waals surface area contributed by atoms with Crippen molar-refractivity contribution >= 4 is 40.7 Å². The Morgan fingerprint density at radius 2 is 2.05 bits per heavy atom. The van der Waals surface area contributed by atoms with E-state index in [1.165, 1.54) is 28.8 Å². The molecule has 198 valence electrons. The second kappa shape index (κ2) is 10.4. The van der Waals surface area contributed by atoms with Crippen LogP contribution in [0, 0.1) is 10.1 Å². The number of hydrogen-bond donors (Lipinski definition) is 1. The van der Waals surface area contributed by atoms with Gasteiger partial charge in [-0.05, 0) is 44.2 Å². The summed E-state index contributed by atoms with van der Waals surface area (Å²) < 4.78 is 13.0. The van der Waals surface area contributed by atoms with Gasteiger partial charge in [-0.25, -0.2) is 9.79 Å². The van der Waals surface area contributed by atoms with Crippen molar-refractivity contribution in [3.63, 3.8) is 0 Å². The van der Waals surface area contributed by atoms with E-state index in [9.17, 15) is 24.8 Å². The number of allylic oxidation sites excluding steroid dienone is 1. The number of phenolic OH excluding ortho intramolecular Hbond substituents is 1. The Hall–Kier alpha value is -4.48. The summed E-state index contributed by atoms with van der Waals surface area (Å²) in [6.45, 7) is 3.41. The second-order valence-electron chi connectivity index (χ2n) is 8.48. The van der Waals surface area contributed by atoms with Crippen LogP contribution in [-0.4, -0.2) is 27.2 Å². The van der Waals surface area contributed by atoms with Gasteiger partial charge < -0.3 is 14.3 Å². The lowest BCUT2D eigenvalue weighted by Gasteiger charge is -2.22. The van der Waals surface area contributed by atoms with Crippen molar-refractivity contribution in [3.8, 4) is 17.1 Å². The number of phenols is 1. The molecule has 0 bridgehead atoms. The zero-order valence-corrected chi connectivity index (χ0v) is 22.2. The third kappa shape index (κ3) is 4.77. The van der Waals surface area contributed by atoms with E-state index in [0.717, 1.165) is 11.3 Å². The first-order chi connectivity index (χ1) is 18.7. The summed E-state index contributed by atoms with van der Waals surface area (Å²) in [7, 11) is 0. The van der Waals surface area contributed by atoms with Crippen LogP contribution in [0.25, 0.3) is 17.4 Å². The molecular weight excluding hydrogens is 546 g/mol. The first kappa shape index (κ1) is 26.1. The van der Waals surface area contributed by atoms with E-state index in [1.54, 1.807) is 50.3 Å². The van der Waals surface area contributed by atoms with Crippen molar-refractivity contribution in [1.82, 2.24) is 4.57 Å². The van der Waals surface area contributed by atoms with Crippen LogP contribution >= 0.6 is 22.9 Å². The van der Waals surface area contributed by atoms with E-state index < -0.39 is 22.5 Å². The van der Waals surface area contributed by atoms with Gasteiger partial charge in [-0.2, -0.15) is 0 Å². The number of carbonyl (C=O) groups is 1. The summed E-state index contributed by atoms with van der Waals surface area (Å²) in [5, 5.41) is 21.7. The van der Waals surface area contributed by atoms with Crippen LogP contribution in [0.5, 0.6) is 5.75 Å². The maximum Gasteiger partial charge on any atom is 0.338 e. The Kier molecular flexibility index (Phi) is 6.94. The molecule has 5 rings (SSSR count). The molecule has 0 saturated carbocycles. The van der Waals surface area contributed by atoms with Crippen LogP contribution < -0.4 is 14.9 Å². The van der Waals surface area contributed by atoms with E-state index >= 15 is 0 Å². The molecular formula is C27H20ClN3O7S. The number of thiazole rings is 1. The minimum Gasteiger partial charge on any atom is -0.507 e. The van der Waals surface area contributed by atoms with Crippen LogP contribution in [0.1, 0.15) is 31.2 Å². The number of nitro groups is 1. The highest BCUT2D eigenvalue weighted by Crippen LogP contribution is 2.37. The number of carbonyl (C=O) groups excluding carboxylic acids is 1.